The van der Waals surface area contributed by atoms with E-state index in [0.717, 1.165) is 0 Å². The molecule has 4 N–H and O–H groups in total. The molecule has 0 aliphatic rings. The molecular formula is C9H12N4O3S. The second-order valence-corrected chi connectivity index (χ2v) is 4.00. The first-order valence-corrected chi connectivity index (χ1v) is 5.54. The molecule has 0 spiro atoms. The molecule has 0 amide bonds. The first kappa shape index (κ1) is 13.1. The number of nitro benzene ring substituents is 1. The Morgan fingerprint density at radius 2 is 2.35 bits per heavy atom. The number of hydrazone groups is 1. The van der Waals surface area contributed by atoms with Crippen molar-refractivity contribution in [2.75, 3.05) is 7.11 Å². The zero-order chi connectivity index (χ0) is 12.8. The molecular weight excluding hydrogens is 244 g/mol. The standard InChI is InChI=1S/C9H12N4O3S/c1-16-8-3-2-7(13(14)15)4-6(8)5-17-9(10)12-11/h2-4H,5,11H2,1H3,(H2,10,12). The molecule has 92 valence electrons. The van der Waals surface area contributed by atoms with Gasteiger partial charge in [-0.05, 0) is 6.07 Å². The van der Waals surface area contributed by atoms with E-state index >= 15 is 0 Å². The van der Waals surface area contributed by atoms with Crippen molar-refractivity contribution in [2.45, 2.75) is 5.75 Å². The number of amidine groups is 1. The number of hydrogen-bond donors (Lipinski definition) is 2. The van der Waals surface area contributed by atoms with Crippen LogP contribution in [0.3, 0.4) is 0 Å². The molecule has 0 bridgehead atoms. The molecule has 0 fully saturated rings. The maximum absolute atomic E-state index is 10.6. The molecule has 0 aliphatic heterocycles. The van der Waals surface area contributed by atoms with E-state index in [0.29, 0.717) is 17.1 Å². The lowest BCUT2D eigenvalue weighted by molar-refractivity contribution is -0.384. The van der Waals surface area contributed by atoms with Gasteiger partial charge < -0.3 is 16.3 Å². The Kier molecular flexibility index (Phi) is 4.58. The quantitative estimate of drug-likeness (QED) is 0.273. The zero-order valence-corrected chi connectivity index (χ0v) is 9.94. The maximum Gasteiger partial charge on any atom is 0.270 e. The molecule has 8 heteroatoms. The molecule has 0 unspecified atom stereocenters. The molecule has 17 heavy (non-hydrogen) atoms. The third kappa shape index (κ3) is 3.52. The van der Waals surface area contributed by atoms with Gasteiger partial charge in [-0.3, -0.25) is 10.1 Å². The summed E-state index contributed by atoms with van der Waals surface area (Å²) >= 11 is 1.18. The molecule has 0 heterocycles. The lowest BCUT2D eigenvalue weighted by Gasteiger charge is -2.07. The zero-order valence-electron chi connectivity index (χ0n) is 9.12. The average molecular weight is 256 g/mol. The number of thioether (sulfide) groups is 1. The molecule has 0 aliphatic carbocycles. The molecule has 0 atom stereocenters. The summed E-state index contributed by atoms with van der Waals surface area (Å²) in [4.78, 5) is 10.2. The summed E-state index contributed by atoms with van der Waals surface area (Å²) in [6.07, 6.45) is 0. The highest BCUT2D eigenvalue weighted by atomic mass is 32.2. The first-order chi connectivity index (χ1) is 8.08. The van der Waals surface area contributed by atoms with E-state index in [1.165, 1.54) is 31.0 Å². The van der Waals surface area contributed by atoms with Gasteiger partial charge in [0.15, 0.2) is 5.17 Å². The number of nitro groups is 1. The average Bonchev–Trinajstić information content (AvgIpc) is 2.35. The number of hydrogen-bond acceptors (Lipinski definition) is 6. The van der Waals surface area contributed by atoms with Crippen LogP contribution in [0.2, 0.25) is 0 Å². The fourth-order valence-corrected chi connectivity index (χ4v) is 1.78. The Balaban J connectivity index is 2.94. The van der Waals surface area contributed by atoms with Crippen LogP contribution >= 0.6 is 11.8 Å². The van der Waals surface area contributed by atoms with E-state index in [1.54, 1.807) is 6.07 Å². The number of nitrogens with zero attached hydrogens (tertiary/aromatic N) is 2. The highest BCUT2D eigenvalue weighted by Crippen LogP contribution is 2.27. The van der Waals surface area contributed by atoms with Crippen molar-refractivity contribution in [3.8, 4) is 5.75 Å². The minimum Gasteiger partial charge on any atom is -0.496 e. The molecule has 0 saturated carbocycles. The van der Waals surface area contributed by atoms with Gasteiger partial charge in [-0.1, -0.05) is 11.8 Å². The van der Waals surface area contributed by atoms with E-state index in [9.17, 15) is 10.1 Å². The maximum atomic E-state index is 10.6. The largest absolute Gasteiger partial charge is 0.496 e. The molecule has 0 saturated heterocycles. The van der Waals surface area contributed by atoms with Crippen LogP contribution < -0.4 is 16.3 Å². The van der Waals surface area contributed by atoms with Gasteiger partial charge >= 0.3 is 0 Å². The summed E-state index contributed by atoms with van der Waals surface area (Å²) in [6, 6.07) is 4.37. The first-order valence-electron chi connectivity index (χ1n) is 4.56. The molecule has 1 aromatic carbocycles. The van der Waals surface area contributed by atoms with Crippen LogP contribution in [0.5, 0.6) is 5.75 Å². The monoisotopic (exact) mass is 256 g/mol. The van der Waals surface area contributed by atoms with E-state index in [-0.39, 0.29) is 10.9 Å². The van der Waals surface area contributed by atoms with Crippen molar-refractivity contribution >= 4 is 22.6 Å². The summed E-state index contributed by atoms with van der Waals surface area (Å²) in [7, 11) is 1.50. The van der Waals surface area contributed by atoms with Gasteiger partial charge in [-0.15, -0.1) is 0 Å². The van der Waals surface area contributed by atoms with Crippen molar-refractivity contribution in [1.29, 1.82) is 0 Å². The SMILES string of the molecule is COc1ccc([N+](=O)[O-])cc1CSC(N)=NN. The van der Waals surface area contributed by atoms with Crippen LogP contribution in [0.15, 0.2) is 23.3 Å². The predicted molar refractivity (Wildman–Crippen MR) is 66.8 cm³/mol. The van der Waals surface area contributed by atoms with Crippen LogP contribution in [0, 0.1) is 10.1 Å². The number of methoxy groups -OCH3 is 1. The van der Waals surface area contributed by atoms with Gasteiger partial charge in [0, 0.05) is 23.4 Å². The van der Waals surface area contributed by atoms with Crippen molar-refractivity contribution in [1.82, 2.24) is 0 Å². The third-order valence-corrected chi connectivity index (χ3v) is 2.83. The van der Waals surface area contributed by atoms with Crippen molar-refractivity contribution < 1.29 is 9.66 Å². The number of benzene rings is 1. The minimum absolute atomic E-state index is 0.00431. The minimum atomic E-state index is -0.464. The van der Waals surface area contributed by atoms with Gasteiger partial charge in [-0.25, -0.2) is 0 Å². The molecule has 0 aromatic heterocycles. The Bertz CT molecular complexity index is 450. The molecule has 1 aromatic rings. The van der Waals surface area contributed by atoms with Crippen molar-refractivity contribution in [3.63, 3.8) is 0 Å². The smallest absolute Gasteiger partial charge is 0.270 e. The van der Waals surface area contributed by atoms with Gasteiger partial charge in [0.25, 0.3) is 5.69 Å². The van der Waals surface area contributed by atoms with Crippen LogP contribution in [-0.4, -0.2) is 17.2 Å². The second-order valence-electron chi connectivity index (χ2n) is 3.01. The normalized spacial score (nSPS) is 11.2. The number of non-ortho nitro benzene ring substituents is 1. The summed E-state index contributed by atoms with van der Waals surface area (Å²) in [5.74, 6) is 5.95. The van der Waals surface area contributed by atoms with Gasteiger partial charge in [0.2, 0.25) is 0 Å². The topological polar surface area (TPSA) is 117 Å². The fourth-order valence-electron chi connectivity index (χ4n) is 1.18. The predicted octanol–water partition coefficient (Wildman–Crippen LogP) is 1.03. The van der Waals surface area contributed by atoms with E-state index in [1.807, 2.05) is 0 Å². The summed E-state index contributed by atoms with van der Waals surface area (Å²) in [5, 5.41) is 14.1. The Morgan fingerprint density at radius 1 is 1.65 bits per heavy atom. The molecule has 1 rings (SSSR count). The van der Waals surface area contributed by atoms with Gasteiger partial charge in [0.1, 0.15) is 5.75 Å². The van der Waals surface area contributed by atoms with E-state index < -0.39 is 4.92 Å². The summed E-state index contributed by atoms with van der Waals surface area (Å²) in [6.45, 7) is 0. The molecule has 0 radical (unpaired) electrons. The lowest BCUT2D eigenvalue weighted by Crippen LogP contribution is -2.09. The van der Waals surface area contributed by atoms with Crippen LogP contribution in [0.25, 0.3) is 0 Å². The number of ether oxygens (including phenoxy) is 1. The lowest BCUT2D eigenvalue weighted by atomic mass is 10.2. The Hall–Kier alpha value is -1.96. The highest BCUT2D eigenvalue weighted by molar-refractivity contribution is 8.13. The molecule has 7 nitrogen and oxygen atoms in total. The second kappa shape index (κ2) is 5.94. The van der Waals surface area contributed by atoms with Crippen LogP contribution in [0.1, 0.15) is 5.56 Å². The van der Waals surface area contributed by atoms with E-state index in [2.05, 4.69) is 5.10 Å². The summed E-state index contributed by atoms with van der Waals surface area (Å²) < 4.78 is 5.10. The Morgan fingerprint density at radius 3 is 2.88 bits per heavy atom. The van der Waals surface area contributed by atoms with Crippen molar-refractivity contribution in [2.24, 2.45) is 16.7 Å². The van der Waals surface area contributed by atoms with Crippen molar-refractivity contribution in [3.05, 3.63) is 33.9 Å². The fraction of sp³-hybridized carbons (Fsp3) is 0.222. The third-order valence-electron chi connectivity index (χ3n) is 1.98. The Labute approximate surface area is 102 Å². The van der Waals surface area contributed by atoms with E-state index in [4.69, 9.17) is 16.3 Å². The van der Waals surface area contributed by atoms with Gasteiger partial charge in [-0.2, -0.15) is 5.10 Å². The van der Waals surface area contributed by atoms with Crippen LogP contribution in [-0.2, 0) is 5.75 Å². The highest BCUT2D eigenvalue weighted by Gasteiger charge is 2.11. The number of nitrogens with two attached hydrogens (primary N) is 2. The van der Waals surface area contributed by atoms with Crippen LogP contribution in [0.4, 0.5) is 5.69 Å². The van der Waals surface area contributed by atoms with Gasteiger partial charge in [0.05, 0.1) is 12.0 Å². The summed E-state index contributed by atoms with van der Waals surface area (Å²) in [5.41, 5.74) is 6.09. The number of rotatable bonds is 4.